The molecule has 104 valence electrons. The Hall–Kier alpha value is -1.30. The largest absolute Gasteiger partial charge is 0.453 e. The summed E-state index contributed by atoms with van der Waals surface area (Å²) < 4.78 is 4.57. The van der Waals surface area contributed by atoms with Gasteiger partial charge in [0, 0.05) is 26.6 Å². The highest BCUT2D eigenvalue weighted by Gasteiger charge is 2.29. The van der Waals surface area contributed by atoms with Crippen molar-refractivity contribution in [3.8, 4) is 0 Å². The van der Waals surface area contributed by atoms with Crippen molar-refractivity contribution in [1.82, 2.24) is 10.2 Å². The number of methoxy groups -OCH3 is 1. The summed E-state index contributed by atoms with van der Waals surface area (Å²) in [6.07, 6.45) is 1.94. The maximum atomic E-state index is 11.5. The van der Waals surface area contributed by atoms with E-state index in [0.29, 0.717) is 19.0 Å². The van der Waals surface area contributed by atoms with Gasteiger partial charge in [-0.25, -0.2) is 4.79 Å². The van der Waals surface area contributed by atoms with Crippen molar-refractivity contribution < 1.29 is 19.4 Å². The Morgan fingerprint density at radius 3 is 2.72 bits per heavy atom. The zero-order valence-electron chi connectivity index (χ0n) is 11.0. The van der Waals surface area contributed by atoms with Crippen molar-refractivity contribution in [2.24, 2.45) is 5.92 Å². The first-order chi connectivity index (χ1) is 8.56. The summed E-state index contributed by atoms with van der Waals surface area (Å²) in [6.45, 7) is 2.92. The van der Waals surface area contributed by atoms with Crippen molar-refractivity contribution in [2.45, 2.75) is 32.2 Å². The standard InChI is InChI=1S/C12H22N2O4/c1-9(16)14-7-10(4-3-5-15)6-11(8-14)13-12(17)18-2/h10-11,15H,3-8H2,1-2H3,(H,13,17). The fourth-order valence-corrected chi connectivity index (χ4v) is 2.38. The summed E-state index contributed by atoms with van der Waals surface area (Å²) in [6, 6.07) is -0.0706. The van der Waals surface area contributed by atoms with E-state index in [0.717, 1.165) is 19.3 Å². The molecule has 1 aliphatic rings. The molecule has 1 fully saturated rings. The number of amides is 2. The maximum Gasteiger partial charge on any atom is 0.407 e. The van der Waals surface area contributed by atoms with E-state index in [2.05, 4.69) is 10.1 Å². The lowest BCUT2D eigenvalue weighted by Gasteiger charge is -2.37. The van der Waals surface area contributed by atoms with Crippen LogP contribution in [0.1, 0.15) is 26.2 Å². The number of aliphatic hydroxyl groups is 1. The Morgan fingerprint density at radius 2 is 2.17 bits per heavy atom. The monoisotopic (exact) mass is 258 g/mol. The zero-order valence-corrected chi connectivity index (χ0v) is 11.0. The van der Waals surface area contributed by atoms with Gasteiger partial charge < -0.3 is 20.1 Å². The number of likely N-dealkylation sites (tertiary alicyclic amines) is 1. The fraction of sp³-hybridized carbons (Fsp3) is 0.833. The van der Waals surface area contributed by atoms with Crippen molar-refractivity contribution in [3.63, 3.8) is 0 Å². The first-order valence-corrected chi connectivity index (χ1v) is 6.27. The molecule has 0 aliphatic carbocycles. The van der Waals surface area contributed by atoms with Crippen LogP contribution in [0.3, 0.4) is 0 Å². The van der Waals surface area contributed by atoms with Crippen LogP contribution in [0.15, 0.2) is 0 Å². The van der Waals surface area contributed by atoms with E-state index < -0.39 is 6.09 Å². The van der Waals surface area contributed by atoms with E-state index in [1.807, 2.05) is 0 Å². The molecular weight excluding hydrogens is 236 g/mol. The van der Waals surface area contributed by atoms with Crippen molar-refractivity contribution in [3.05, 3.63) is 0 Å². The van der Waals surface area contributed by atoms with Crippen molar-refractivity contribution in [1.29, 1.82) is 0 Å². The molecule has 0 aromatic rings. The highest BCUT2D eigenvalue weighted by atomic mass is 16.5. The van der Waals surface area contributed by atoms with Gasteiger partial charge in [0.2, 0.25) is 5.91 Å². The third-order valence-corrected chi connectivity index (χ3v) is 3.26. The molecule has 0 aromatic carbocycles. The predicted molar refractivity (Wildman–Crippen MR) is 66.0 cm³/mol. The van der Waals surface area contributed by atoms with Gasteiger partial charge in [-0.1, -0.05) is 0 Å². The van der Waals surface area contributed by atoms with E-state index in [-0.39, 0.29) is 18.6 Å². The van der Waals surface area contributed by atoms with Crippen LogP contribution >= 0.6 is 0 Å². The topological polar surface area (TPSA) is 78.9 Å². The molecule has 1 heterocycles. The minimum Gasteiger partial charge on any atom is -0.453 e. The fourth-order valence-electron chi connectivity index (χ4n) is 2.38. The second-order valence-electron chi connectivity index (χ2n) is 4.72. The summed E-state index contributed by atoms with van der Waals surface area (Å²) in [5.74, 6) is 0.331. The summed E-state index contributed by atoms with van der Waals surface area (Å²) in [5, 5.41) is 11.6. The molecule has 1 rings (SSSR count). The molecule has 2 N–H and O–H groups in total. The Morgan fingerprint density at radius 1 is 1.44 bits per heavy atom. The molecule has 2 atom stereocenters. The molecular formula is C12H22N2O4. The number of alkyl carbamates (subject to hydrolysis) is 1. The van der Waals surface area contributed by atoms with Crippen LogP contribution in [-0.2, 0) is 9.53 Å². The van der Waals surface area contributed by atoms with E-state index in [1.165, 1.54) is 14.0 Å². The summed E-state index contributed by atoms with van der Waals surface area (Å²) in [4.78, 5) is 24.4. The number of rotatable bonds is 4. The van der Waals surface area contributed by atoms with E-state index in [4.69, 9.17) is 5.11 Å². The molecule has 0 bridgehead atoms. The minimum absolute atomic E-state index is 0.0142. The van der Waals surface area contributed by atoms with Crippen LogP contribution < -0.4 is 5.32 Å². The highest BCUT2D eigenvalue weighted by molar-refractivity contribution is 5.73. The van der Waals surface area contributed by atoms with Gasteiger partial charge in [-0.05, 0) is 25.2 Å². The lowest BCUT2D eigenvalue weighted by molar-refractivity contribution is -0.131. The highest BCUT2D eigenvalue weighted by Crippen LogP contribution is 2.21. The van der Waals surface area contributed by atoms with Gasteiger partial charge in [0.05, 0.1) is 13.2 Å². The molecule has 1 saturated heterocycles. The van der Waals surface area contributed by atoms with Crippen LogP contribution in [0.25, 0.3) is 0 Å². The van der Waals surface area contributed by atoms with Crippen LogP contribution in [0, 0.1) is 5.92 Å². The number of hydrogen-bond acceptors (Lipinski definition) is 4. The average molecular weight is 258 g/mol. The van der Waals surface area contributed by atoms with Gasteiger partial charge in [0.15, 0.2) is 0 Å². The maximum absolute atomic E-state index is 11.5. The first kappa shape index (κ1) is 14.8. The number of nitrogens with zero attached hydrogens (tertiary/aromatic N) is 1. The normalized spacial score (nSPS) is 23.6. The Kier molecular flexibility index (Phi) is 5.91. The Bertz CT molecular complexity index is 296. The van der Waals surface area contributed by atoms with E-state index in [9.17, 15) is 9.59 Å². The summed E-state index contributed by atoms with van der Waals surface area (Å²) in [5.41, 5.74) is 0. The molecule has 2 amide bonds. The Labute approximate surface area is 107 Å². The first-order valence-electron chi connectivity index (χ1n) is 6.27. The van der Waals surface area contributed by atoms with Crippen LogP contribution in [0.5, 0.6) is 0 Å². The molecule has 18 heavy (non-hydrogen) atoms. The smallest absolute Gasteiger partial charge is 0.407 e. The quantitative estimate of drug-likeness (QED) is 0.762. The number of piperidine rings is 1. The number of ether oxygens (including phenoxy) is 1. The molecule has 6 nitrogen and oxygen atoms in total. The van der Waals surface area contributed by atoms with Gasteiger partial charge in [-0.15, -0.1) is 0 Å². The van der Waals surface area contributed by atoms with E-state index in [1.54, 1.807) is 4.90 Å². The molecule has 2 unspecified atom stereocenters. The molecule has 1 aliphatic heterocycles. The lowest BCUT2D eigenvalue weighted by Crippen LogP contribution is -2.52. The predicted octanol–water partition coefficient (Wildman–Crippen LogP) is 0.352. The summed E-state index contributed by atoms with van der Waals surface area (Å²) in [7, 11) is 1.32. The second kappa shape index (κ2) is 7.20. The SMILES string of the molecule is COC(=O)NC1CC(CCCO)CN(C(C)=O)C1. The van der Waals surface area contributed by atoms with Crippen LogP contribution in [0.4, 0.5) is 4.79 Å². The van der Waals surface area contributed by atoms with Crippen molar-refractivity contribution >= 4 is 12.0 Å². The molecule has 0 aromatic heterocycles. The number of hydrogen-bond donors (Lipinski definition) is 2. The number of aliphatic hydroxyl groups excluding tert-OH is 1. The van der Waals surface area contributed by atoms with Gasteiger partial charge in [-0.3, -0.25) is 4.79 Å². The van der Waals surface area contributed by atoms with Crippen LogP contribution in [-0.4, -0.2) is 54.9 Å². The third kappa shape index (κ3) is 4.52. The van der Waals surface area contributed by atoms with Gasteiger partial charge in [0.25, 0.3) is 0 Å². The molecule has 0 spiro atoms. The lowest BCUT2D eigenvalue weighted by atomic mass is 9.90. The number of carbonyl (C=O) groups is 2. The Balaban J connectivity index is 2.56. The number of carbonyl (C=O) groups excluding carboxylic acids is 2. The minimum atomic E-state index is -0.466. The van der Waals surface area contributed by atoms with Gasteiger partial charge in [0.1, 0.15) is 0 Å². The third-order valence-electron chi connectivity index (χ3n) is 3.26. The number of nitrogens with one attached hydrogen (secondary N) is 1. The van der Waals surface area contributed by atoms with Crippen molar-refractivity contribution in [2.75, 3.05) is 26.8 Å². The molecule has 0 radical (unpaired) electrons. The van der Waals surface area contributed by atoms with Gasteiger partial charge in [-0.2, -0.15) is 0 Å². The van der Waals surface area contributed by atoms with Crippen LogP contribution in [0.2, 0.25) is 0 Å². The molecule has 0 saturated carbocycles. The second-order valence-corrected chi connectivity index (χ2v) is 4.72. The van der Waals surface area contributed by atoms with E-state index >= 15 is 0 Å². The molecule has 6 heteroatoms. The van der Waals surface area contributed by atoms with Gasteiger partial charge >= 0.3 is 6.09 Å². The summed E-state index contributed by atoms with van der Waals surface area (Å²) >= 11 is 0. The average Bonchev–Trinajstić information content (AvgIpc) is 2.35. The zero-order chi connectivity index (χ0) is 13.5.